The lowest BCUT2D eigenvalue weighted by molar-refractivity contribution is -0.384. The standard InChI is InChI=1S/C12H21N5O2/c1-3-16-12(11(17(18)19)8(2)15-16)14-10-7-5-4-6-9(10)13/h9-10,14H,3-7,13H2,1-2H3. The Morgan fingerprint density at radius 2 is 2.21 bits per heavy atom. The summed E-state index contributed by atoms with van der Waals surface area (Å²) in [6, 6.07) is 0.141. The summed E-state index contributed by atoms with van der Waals surface area (Å²) in [5.74, 6) is 0.493. The zero-order valence-electron chi connectivity index (χ0n) is 11.4. The van der Waals surface area contributed by atoms with E-state index in [2.05, 4.69) is 10.4 Å². The number of rotatable bonds is 4. The second-order valence-corrected chi connectivity index (χ2v) is 5.05. The maximum Gasteiger partial charge on any atom is 0.333 e. The Balaban J connectivity index is 2.29. The van der Waals surface area contributed by atoms with Crippen molar-refractivity contribution < 1.29 is 4.92 Å². The van der Waals surface area contributed by atoms with Gasteiger partial charge >= 0.3 is 5.69 Å². The lowest BCUT2D eigenvalue weighted by atomic mass is 9.91. The average Bonchev–Trinajstić information content (AvgIpc) is 2.68. The third kappa shape index (κ3) is 2.70. The minimum Gasteiger partial charge on any atom is -0.360 e. The van der Waals surface area contributed by atoms with Crippen LogP contribution in [0.5, 0.6) is 0 Å². The van der Waals surface area contributed by atoms with Crippen molar-refractivity contribution in [1.82, 2.24) is 9.78 Å². The summed E-state index contributed by atoms with van der Waals surface area (Å²) >= 11 is 0. The molecule has 1 aromatic rings. The molecular weight excluding hydrogens is 246 g/mol. The number of nitro groups is 1. The topological polar surface area (TPSA) is 99.0 Å². The molecule has 3 N–H and O–H groups in total. The van der Waals surface area contributed by atoms with Gasteiger partial charge in [-0.1, -0.05) is 12.8 Å². The fraction of sp³-hybridized carbons (Fsp3) is 0.750. The molecule has 0 bridgehead atoms. The van der Waals surface area contributed by atoms with Gasteiger partial charge in [-0.25, -0.2) is 4.68 Å². The van der Waals surface area contributed by atoms with E-state index in [1.165, 1.54) is 0 Å². The highest BCUT2D eigenvalue weighted by Crippen LogP contribution is 2.30. The van der Waals surface area contributed by atoms with E-state index in [0.29, 0.717) is 18.1 Å². The van der Waals surface area contributed by atoms with Gasteiger partial charge in [-0.3, -0.25) is 10.1 Å². The molecule has 0 spiro atoms. The number of aryl methyl sites for hydroxylation is 2. The van der Waals surface area contributed by atoms with Crippen LogP contribution in [0.3, 0.4) is 0 Å². The van der Waals surface area contributed by atoms with Gasteiger partial charge in [0.1, 0.15) is 5.69 Å². The number of hydrogen-bond acceptors (Lipinski definition) is 5. The fourth-order valence-electron chi connectivity index (χ4n) is 2.68. The SMILES string of the molecule is CCn1nc(C)c([N+](=O)[O-])c1NC1CCCCC1N. The van der Waals surface area contributed by atoms with Crippen molar-refractivity contribution in [3.63, 3.8) is 0 Å². The van der Waals surface area contributed by atoms with Gasteiger partial charge in [0.25, 0.3) is 0 Å². The third-order valence-corrected chi connectivity index (χ3v) is 3.72. The highest BCUT2D eigenvalue weighted by atomic mass is 16.6. The second kappa shape index (κ2) is 5.56. The van der Waals surface area contributed by atoms with E-state index in [0.717, 1.165) is 25.7 Å². The van der Waals surface area contributed by atoms with Gasteiger partial charge in [0.15, 0.2) is 0 Å². The molecule has 0 saturated heterocycles. The first kappa shape index (κ1) is 13.8. The van der Waals surface area contributed by atoms with Crippen LogP contribution in [0.4, 0.5) is 11.5 Å². The zero-order valence-corrected chi connectivity index (χ0v) is 11.4. The number of nitrogens with two attached hydrogens (primary N) is 1. The number of nitrogens with one attached hydrogen (secondary N) is 1. The van der Waals surface area contributed by atoms with Gasteiger partial charge in [-0.2, -0.15) is 5.10 Å². The van der Waals surface area contributed by atoms with E-state index < -0.39 is 0 Å². The van der Waals surface area contributed by atoms with Crippen LogP contribution in [0.1, 0.15) is 38.3 Å². The summed E-state index contributed by atoms with van der Waals surface area (Å²) in [6.07, 6.45) is 4.16. The summed E-state index contributed by atoms with van der Waals surface area (Å²) in [7, 11) is 0. The quantitative estimate of drug-likeness (QED) is 0.640. The molecule has 2 rings (SSSR count). The van der Waals surface area contributed by atoms with Crippen LogP contribution >= 0.6 is 0 Å². The summed E-state index contributed by atoms with van der Waals surface area (Å²) in [4.78, 5) is 10.8. The van der Waals surface area contributed by atoms with Crippen molar-refractivity contribution in [2.45, 2.75) is 58.2 Å². The lowest BCUT2D eigenvalue weighted by Gasteiger charge is -2.29. The Morgan fingerprint density at radius 1 is 1.53 bits per heavy atom. The number of nitrogens with zero attached hydrogens (tertiary/aromatic N) is 3. The zero-order chi connectivity index (χ0) is 14.0. The van der Waals surface area contributed by atoms with Gasteiger partial charge in [-0.05, 0) is 26.7 Å². The maximum absolute atomic E-state index is 11.2. The van der Waals surface area contributed by atoms with Crippen molar-refractivity contribution >= 4 is 11.5 Å². The van der Waals surface area contributed by atoms with Crippen molar-refractivity contribution in [1.29, 1.82) is 0 Å². The monoisotopic (exact) mass is 267 g/mol. The molecule has 7 heteroatoms. The molecule has 2 unspecified atom stereocenters. The van der Waals surface area contributed by atoms with Gasteiger partial charge in [0.05, 0.1) is 4.92 Å². The summed E-state index contributed by atoms with van der Waals surface area (Å²) < 4.78 is 1.65. The van der Waals surface area contributed by atoms with Crippen LogP contribution in [0.15, 0.2) is 0 Å². The number of aromatic nitrogens is 2. The molecule has 1 fully saturated rings. The van der Waals surface area contributed by atoms with Crippen LogP contribution in [0, 0.1) is 17.0 Å². The Morgan fingerprint density at radius 3 is 2.79 bits per heavy atom. The van der Waals surface area contributed by atoms with E-state index in [1.807, 2.05) is 6.92 Å². The minimum atomic E-state index is -0.370. The van der Waals surface area contributed by atoms with Crippen LogP contribution < -0.4 is 11.1 Å². The lowest BCUT2D eigenvalue weighted by Crippen LogP contribution is -2.43. The molecule has 1 aliphatic rings. The smallest absolute Gasteiger partial charge is 0.333 e. The summed E-state index contributed by atoms with van der Waals surface area (Å²) in [6.45, 7) is 4.18. The fourth-order valence-corrected chi connectivity index (χ4v) is 2.68. The highest BCUT2D eigenvalue weighted by molar-refractivity contribution is 5.60. The van der Waals surface area contributed by atoms with E-state index in [9.17, 15) is 10.1 Å². The van der Waals surface area contributed by atoms with E-state index in [1.54, 1.807) is 11.6 Å². The minimum absolute atomic E-state index is 0.0499. The van der Waals surface area contributed by atoms with Gasteiger partial charge < -0.3 is 11.1 Å². The average molecular weight is 267 g/mol. The molecule has 1 saturated carbocycles. The predicted octanol–water partition coefficient (Wildman–Crippen LogP) is 1.80. The normalized spacial score (nSPS) is 23.3. The van der Waals surface area contributed by atoms with Gasteiger partial charge in [0, 0.05) is 18.6 Å². The summed E-state index contributed by atoms with van der Waals surface area (Å²) in [5, 5.41) is 18.6. The van der Waals surface area contributed by atoms with Crippen molar-refractivity contribution in [3.05, 3.63) is 15.8 Å². The number of anilines is 1. The molecule has 7 nitrogen and oxygen atoms in total. The van der Waals surface area contributed by atoms with Crippen molar-refractivity contribution in [2.24, 2.45) is 5.73 Å². The molecule has 0 radical (unpaired) electrons. The molecule has 1 aromatic heterocycles. The first-order valence-electron chi connectivity index (χ1n) is 6.78. The molecular formula is C12H21N5O2. The molecule has 1 aliphatic carbocycles. The third-order valence-electron chi connectivity index (χ3n) is 3.72. The highest BCUT2D eigenvalue weighted by Gasteiger charge is 2.29. The number of hydrogen-bond donors (Lipinski definition) is 2. The van der Waals surface area contributed by atoms with Gasteiger partial charge in [-0.15, -0.1) is 0 Å². The predicted molar refractivity (Wildman–Crippen MR) is 73.1 cm³/mol. The molecule has 19 heavy (non-hydrogen) atoms. The van der Waals surface area contributed by atoms with Gasteiger partial charge in [0.2, 0.25) is 5.82 Å². The first-order valence-corrected chi connectivity index (χ1v) is 6.78. The van der Waals surface area contributed by atoms with E-state index in [-0.39, 0.29) is 22.7 Å². The maximum atomic E-state index is 11.2. The molecule has 106 valence electrons. The Kier molecular flexibility index (Phi) is 4.04. The first-order chi connectivity index (χ1) is 9.04. The molecule has 0 aliphatic heterocycles. The molecule has 0 amide bonds. The molecule has 1 heterocycles. The van der Waals surface area contributed by atoms with Crippen LogP contribution in [0.25, 0.3) is 0 Å². The Bertz CT molecular complexity index is 471. The van der Waals surface area contributed by atoms with Crippen molar-refractivity contribution in [2.75, 3.05) is 5.32 Å². The van der Waals surface area contributed by atoms with Crippen LogP contribution in [0.2, 0.25) is 0 Å². The Hall–Kier alpha value is -1.63. The largest absolute Gasteiger partial charge is 0.360 e. The van der Waals surface area contributed by atoms with Crippen LogP contribution in [-0.4, -0.2) is 26.8 Å². The van der Waals surface area contributed by atoms with E-state index in [4.69, 9.17) is 5.73 Å². The molecule has 2 atom stereocenters. The molecule has 0 aromatic carbocycles. The summed E-state index contributed by atoms with van der Waals surface area (Å²) in [5.41, 5.74) is 6.60. The Labute approximate surface area is 112 Å². The van der Waals surface area contributed by atoms with Crippen LogP contribution in [-0.2, 0) is 6.54 Å². The second-order valence-electron chi connectivity index (χ2n) is 5.05. The van der Waals surface area contributed by atoms with Crippen molar-refractivity contribution in [3.8, 4) is 0 Å². The van der Waals surface area contributed by atoms with E-state index >= 15 is 0 Å².